The van der Waals surface area contributed by atoms with Crippen LogP contribution >= 0.6 is 11.6 Å². The molecule has 0 fully saturated rings. The summed E-state index contributed by atoms with van der Waals surface area (Å²) >= 11 is 6.00. The van der Waals surface area contributed by atoms with E-state index in [-0.39, 0.29) is 17.8 Å². The van der Waals surface area contributed by atoms with Gasteiger partial charge in [-0.3, -0.25) is 10.1 Å². The summed E-state index contributed by atoms with van der Waals surface area (Å²) in [4.78, 5) is 13.1. The third-order valence-corrected chi connectivity index (χ3v) is 4.49. The zero-order valence-corrected chi connectivity index (χ0v) is 15.5. The Kier molecular flexibility index (Phi) is 5.17. The Bertz CT molecular complexity index is 1040. The SMILES string of the molecule is O=C(Nc1nnc(-c2cccc(Cl)c2)o1)C(c1ccccc1)c1ccccc1. The van der Waals surface area contributed by atoms with Gasteiger partial charge < -0.3 is 4.42 Å². The van der Waals surface area contributed by atoms with Crippen LogP contribution in [-0.2, 0) is 4.79 Å². The molecule has 0 saturated carbocycles. The fourth-order valence-electron chi connectivity index (χ4n) is 2.98. The summed E-state index contributed by atoms with van der Waals surface area (Å²) in [6, 6.07) is 26.2. The van der Waals surface area contributed by atoms with Gasteiger partial charge in [0.1, 0.15) is 0 Å². The number of amides is 1. The maximum Gasteiger partial charge on any atom is 0.322 e. The fourth-order valence-corrected chi connectivity index (χ4v) is 3.17. The van der Waals surface area contributed by atoms with Gasteiger partial charge in [-0.1, -0.05) is 83.4 Å². The van der Waals surface area contributed by atoms with E-state index in [1.807, 2.05) is 66.7 Å². The van der Waals surface area contributed by atoms with Crippen LogP contribution in [0.15, 0.2) is 89.3 Å². The first-order valence-electron chi connectivity index (χ1n) is 8.71. The lowest BCUT2D eigenvalue weighted by Crippen LogP contribution is -2.22. The molecule has 138 valence electrons. The molecule has 0 atom stereocenters. The summed E-state index contributed by atoms with van der Waals surface area (Å²) in [5.74, 6) is -0.462. The van der Waals surface area contributed by atoms with Gasteiger partial charge in [-0.25, -0.2) is 0 Å². The van der Waals surface area contributed by atoms with Crippen LogP contribution in [0.3, 0.4) is 0 Å². The van der Waals surface area contributed by atoms with Gasteiger partial charge in [0.25, 0.3) is 0 Å². The molecule has 0 unspecified atom stereocenters. The van der Waals surface area contributed by atoms with Crippen molar-refractivity contribution in [3.05, 3.63) is 101 Å². The number of anilines is 1. The van der Waals surface area contributed by atoms with E-state index in [0.29, 0.717) is 10.6 Å². The van der Waals surface area contributed by atoms with E-state index in [4.69, 9.17) is 16.0 Å². The molecule has 1 heterocycles. The fraction of sp³-hybridized carbons (Fsp3) is 0.0455. The first kappa shape index (κ1) is 17.9. The van der Waals surface area contributed by atoms with Crippen molar-refractivity contribution in [1.29, 1.82) is 0 Å². The highest BCUT2D eigenvalue weighted by Gasteiger charge is 2.24. The summed E-state index contributed by atoms with van der Waals surface area (Å²) < 4.78 is 5.60. The number of benzene rings is 3. The third kappa shape index (κ3) is 3.94. The van der Waals surface area contributed by atoms with E-state index < -0.39 is 5.92 Å². The maximum atomic E-state index is 13.1. The number of hydrogen-bond acceptors (Lipinski definition) is 4. The molecule has 0 aliphatic carbocycles. The predicted molar refractivity (Wildman–Crippen MR) is 108 cm³/mol. The Balaban J connectivity index is 1.60. The maximum absolute atomic E-state index is 13.1. The molecule has 1 aromatic heterocycles. The molecule has 6 heteroatoms. The van der Waals surface area contributed by atoms with Gasteiger partial charge in [-0.2, -0.15) is 0 Å². The van der Waals surface area contributed by atoms with Crippen molar-refractivity contribution in [2.24, 2.45) is 0 Å². The van der Waals surface area contributed by atoms with E-state index in [9.17, 15) is 4.79 Å². The Morgan fingerprint density at radius 2 is 1.50 bits per heavy atom. The Morgan fingerprint density at radius 1 is 0.857 bits per heavy atom. The molecular formula is C22H16ClN3O2. The number of nitrogens with one attached hydrogen (secondary N) is 1. The largest absolute Gasteiger partial charge is 0.403 e. The van der Waals surface area contributed by atoms with Crippen molar-refractivity contribution in [1.82, 2.24) is 10.2 Å². The average Bonchev–Trinajstić information content (AvgIpc) is 3.18. The molecule has 3 aromatic carbocycles. The lowest BCUT2D eigenvalue weighted by molar-refractivity contribution is -0.116. The van der Waals surface area contributed by atoms with Crippen LogP contribution in [0.1, 0.15) is 17.0 Å². The normalized spacial score (nSPS) is 10.8. The van der Waals surface area contributed by atoms with Gasteiger partial charge in [-0.05, 0) is 29.3 Å². The van der Waals surface area contributed by atoms with Crippen LogP contribution in [0.25, 0.3) is 11.5 Å². The standard InChI is InChI=1S/C22H16ClN3O2/c23-18-13-7-12-17(14-18)21-25-26-22(28-21)24-20(27)19(15-8-3-1-4-9-15)16-10-5-2-6-11-16/h1-14,19H,(H,24,26,27). The van der Waals surface area contributed by atoms with Crippen molar-refractivity contribution in [3.63, 3.8) is 0 Å². The average molecular weight is 390 g/mol. The van der Waals surface area contributed by atoms with Crippen molar-refractivity contribution >= 4 is 23.5 Å². The van der Waals surface area contributed by atoms with Crippen LogP contribution < -0.4 is 5.32 Å². The minimum absolute atomic E-state index is 0.0387. The summed E-state index contributed by atoms with van der Waals surface area (Å²) in [6.07, 6.45) is 0. The molecule has 0 radical (unpaired) electrons. The van der Waals surface area contributed by atoms with Crippen molar-refractivity contribution in [2.75, 3.05) is 5.32 Å². The van der Waals surface area contributed by atoms with Crippen molar-refractivity contribution in [2.45, 2.75) is 5.92 Å². The Labute approximate surface area is 167 Å². The van der Waals surface area contributed by atoms with Crippen LogP contribution in [0.2, 0.25) is 5.02 Å². The summed E-state index contributed by atoms with van der Waals surface area (Å²) in [5, 5.41) is 11.2. The molecule has 1 amide bonds. The summed E-state index contributed by atoms with van der Waals surface area (Å²) in [7, 11) is 0. The molecule has 0 spiro atoms. The zero-order chi connectivity index (χ0) is 19.3. The molecule has 0 saturated heterocycles. The van der Waals surface area contributed by atoms with Crippen LogP contribution in [0, 0.1) is 0 Å². The van der Waals surface area contributed by atoms with Gasteiger partial charge in [0.2, 0.25) is 11.8 Å². The highest BCUT2D eigenvalue weighted by Crippen LogP contribution is 2.27. The number of carbonyl (C=O) groups is 1. The molecule has 4 aromatic rings. The quantitative estimate of drug-likeness (QED) is 0.512. The molecule has 0 bridgehead atoms. The number of carbonyl (C=O) groups excluding carboxylic acids is 1. The molecule has 28 heavy (non-hydrogen) atoms. The van der Waals surface area contributed by atoms with Gasteiger partial charge in [0, 0.05) is 10.6 Å². The number of aromatic nitrogens is 2. The highest BCUT2D eigenvalue weighted by atomic mass is 35.5. The number of rotatable bonds is 5. The molecule has 1 N–H and O–H groups in total. The van der Waals surface area contributed by atoms with Gasteiger partial charge >= 0.3 is 6.01 Å². The third-order valence-electron chi connectivity index (χ3n) is 4.25. The first-order valence-corrected chi connectivity index (χ1v) is 9.09. The second kappa shape index (κ2) is 8.06. The lowest BCUT2D eigenvalue weighted by atomic mass is 9.90. The van der Waals surface area contributed by atoms with Crippen LogP contribution in [0.4, 0.5) is 6.01 Å². The summed E-state index contributed by atoms with van der Waals surface area (Å²) in [5.41, 5.74) is 2.43. The van der Waals surface area contributed by atoms with Crippen LogP contribution in [0.5, 0.6) is 0 Å². The lowest BCUT2D eigenvalue weighted by Gasteiger charge is -2.16. The number of nitrogens with zero attached hydrogens (tertiary/aromatic N) is 2. The van der Waals surface area contributed by atoms with E-state index >= 15 is 0 Å². The number of halogens is 1. The molecular weight excluding hydrogens is 374 g/mol. The van der Waals surface area contributed by atoms with E-state index in [1.54, 1.807) is 18.2 Å². The second-order valence-corrected chi connectivity index (χ2v) is 6.60. The van der Waals surface area contributed by atoms with Gasteiger partial charge in [-0.15, -0.1) is 5.10 Å². The van der Waals surface area contributed by atoms with Crippen molar-refractivity contribution in [3.8, 4) is 11.5 Å². The molecule has 5 nitrogen and oxygen atoms in total. The predicted octanol–water partition coefficient (Wildman–Crippen LogP) is 5.16. The zero-order valence-electron chi connectivity index (χ0n) is 14.7. The van der Waals surface area contributed by atoms with Gasteiger partial charge in [0.15, 0.2) is 0 Å². The van der Waals surface area contributed by atoms with Crippen molar-refractivity contribution < 1.29 is 9.21 Å². The van der Waals surface area contributed by atoms with E-state index in [1.165, 1.54) is 0 Å². The summed E-state index contributed by atoms with van der Waals surface area (Å²) in [6.45, 7) is 0. The minimum atomic E-state index is -0.496. The van der Waals surface area contributed by atoms with Gasteiger partial charge in [0.05, 0.1) is 5.92 Å². The van der Waals surface area contributed by atoms with Crippen LogP contribution in [-0.4, -0.2) is 16.1 Å². The molecule has 4 rings (SSSR count). The monoisotopic (exact) mass is 389 g/mol. The Hall–Kier alpha value is -3.44. The molecule has 0 aliphatic rings. The second-order valence-electron chi connectivity index (χ2n) is 6.17. The highest BCUT2D eigenvalue weighted by molar-refractivity contribution is 6.30. The first-order chi connectivity index (χ1) is 13.7. The molecule has 0 aliphatic heterocycles. The smallest absolute Gasteiger partial charge is 0.322 e. The van der Waals surface area contributed by atoms with E-state index in [0.717, 1.165) is 11.1 Å². The topological polar surface area (TPSA) is 68.0 Å². The number of hydrogen-bond donors (Lipinski definition) is 1. The Morgan fingerprint density at radius 3 is 2.11 bits per heavy atom. The minimum Gasteiger partial charge on any atom is -0.403 e. The van der Waals surface area contributed by atoms with E-state index in [2.05, 4.69) is 15.5 Å².